The number of hydrogen-bond donors (Lipinski definition) is 1. The van der Waals surface area contributed by atoms with E-state index in [0.29, 0.717) is 36.2 Å². The van der Waals surface area contributed by atoms with Crippen molar-refractivity contribution in [3.05, 3.63) is 46.2 Å². The molecular formula is C19H21NO3S. The lowest BCUT2D eigenvalue weighted by Crippen LogP contribution is -2.32. The monoisotopic (exact) mass is 343 g/mol. The van der Waals surface area contributed by atoms with Gasteiger partial charge < -0.3 is 14.8 Å². The summed E-state index contributed by atoms with van der Waals surface area (Å²) >= 11 is 1.72. The lowest BCUT2D eigenvalue weighted by molar-refractivity contribution is 0.0921. The summed E-state index contributed by atoms with van der Waals surface area (Å²) in [5.41, 5.74) is 0.624. The molecule has 1 aliphatic heterocycles. The number of nitrogens with one attached hydrogen (secondary N) is 1. The summed E-state index contributed by atoms with van der Waals surface area (Å²) in [4.78, 5) is 14.0. The van der Waals surface area contributed by atoms with Crippen LogP contribution in [0.5, 0.6) is 11.5 Å². The zero-order valence-electron chi connectivity index (χ0n) is 13.5. The highest BCUT2D eigenvalue weighted by atomic mass is 32.1. The number of carbonyl (C=O) groups is 1. The van der Waals surface area contributed by atoms with Gasteiger partial charge in [0.05, 0.1) is 6.04 Å². The number of thiophene rings is 1. The van der Waals surface area contributed by atoms with Crippen LogP contribution in [-0.4, -0.2) is 19.1 Å². The molecule has 1 aliphatic carbocycles. The van der Waals surface area contributed by atoms with Crippen LogP contribution in [0.1, 0.15) is 47.0 Å². The summed E-state index contributed by atoms with van der Waals surface area (Å²) in [5, 5.41) is 5.34. The Balaban J connectivity index is 1.54. The summed E-state index contributed by atoms with van der Waals surface area (Å²) in [7, 11) is 0. The Morgan fingerprint density at radius 2 is 1.92 bits per heavy atom. The second-order valence-electron chi connectivity index (χ2n) is 6.37. The third-order valence-corrected chi connectivity index (χ3v) is 5.77. The van der Waals surface area contributed by atoms with Gasteiger partial charge in [-0.2, -0.15) is 0 Å². The fourth-order valence-corrected chi connectivity index (χ4v) is 4.46. The van der Waals surface area contributed by atoms with Crippen LogP contribution < -0.4 is 14.8 Å². The number of amides is 1. The average molecular weight is 343 g/mol. The Bertz CT molecular complexity index is 707. The molecule has 5 heteroatoms. The van der Waals surface area contributed by atoms with Crippen LogP contribution in [0, 0.1) is 5.92 Å². The van der Waals surface area contributed by atoms with E-state index < -0.39 is 0 Å². The molecule has 1 saturated carbocycles. The summed E-state index contributed by atoms with van der Waals surface area (Å²) in [5.74, 6) is 1.85. The van der Waals surface area contributed by atoms with E-state index in [1.807, 2.05) is 12.1 Å². The third-order valence-electron chi connectivity index (χ3n) is 4.81. The van der Waals surface area contributed by atoms with E-state index in [1.54, 1.807) is 17.4 Å². The highest BCUT2D eigenvalue weighted by Crippen LogP contribution is 2.38. The molecule has 2 aromatic rings. The number of rotatable bonds is 4. The van der Waals surface area contributed by atoms with E-state index in [4.69, 9.17) is 9.47 Å². The maximum Gasteiger partial charge on any atom is 0.251 e. The van der Waals surface area contributed by atoms with Gasteiger partial charge >= 0.3 is 0 Å². The van der Waals surface area contributed by atoms with Gasteiger partial charge in [0, 0.05) is 10.4 Å². The Hall–Kier alpha value is -2.01. The molecule has 24 heavy (non-hydrogen) atoms. The van der Waals surface area contributed by atoms with E-state index >= 15 is 0 Å². The number of hydrogen-bond acceptors (Lipinski definition) is 4. The standard InChI is InChI=1S/C19H21NO3S/c21-19(14-7-8-15-16(12-14)23-10-9-22-15)20-18(13-4-1-2-5-13)17-6-3-11-24-17/h3,6-8,11-13,18H,1-2,4-5,9-10H2,(H,20,21). The van der Waals surface area contributed by atoms with Gasteiger partial charge in [0.2, 0.25) is 0 Å². The van der Waals surface area contributed by atoms with Crippen molar-refractivity contribution in [1.82, 2.24) is 5.32 Å². The molecule has 4 nitrogen and oxygen atoms in total. The number of ether oxygens (including phenoxy) is 2. The molecule has 1 atom stereocenters. The molecule has 126 valence electrons. The first-order valence-corrected chi connectivity index (χ1v) is 9.43. The van der Waals surface area contributed by atoms with Crippen LogP contribution >= 0.6 is 11.3 Å². The van der Waals surface area contributed by atoms with Crippen LogP contribution in [0.2, 0.25) is 0 Å². The summed E-state index contributed by atoms with van der Waals surface area (Å²) in [6, 6.07) is 9.69. The summed E-state index contributed by atoms with van der Waals surface area (Å²) < 4.78 is 11.1. The van der Waals surface area contributed by atoms with E-state index in [2.05, 4.69) is 22.8 Å². The number of benzene rings is 1. The van der Waals surface area contributed by atoms with E-state index in [-0.39, 0.29) is 11.9 Å². The molecule has 2 aliphatic rings. The lowest BCUT2D eigenvalue weighted by Gasteiger charge is -2.24. The maximum atomic E-state index is 12.8. The van der Waals surface area contributed by atoms with Crippen molar-refractivity contribution in [1.29, 1.82) is 0 Å². The van der Waals surface area contributed by atoms with Gasteiger partial charge in [-0.15, -0.1) is 11.3 Å². The molecule has 4 rings (SSSR count). The molecule has 1 unspecified atom stereocenters. The second kappa shape index (κ2) is 6.85. The minimum absolute atomic E-state index is 0.0442. The molecule has 1 amide bonds. The van der Waals surface area contributed by atoms with Crippen LogP contribution in [0.15, 0.2) is 35.7 Å². The molecule has 1 aromatic carbocycles. The molecule has 0 bridgehead atoms. The van der Waals surface area contributed by atoms with Crippen LogP contribution in [-0.2, 0) is 0 Å². The van der Waals surface area contributed by atoms with Gasteiger partial charge in [-0.25, -0.2) is 0 Å². The molecule has 1 aromatic heterocycles. The highest BCUT2D eigenvalue weighted by molar-refractivity contribution is 7.10. The Morgan fingerprint density at radius 3 is 2.67 bits per heavy atom. The van der Waals surface area contributed by atoms with Crippen molar-refractivity contribution in [2.45, 2.75) is 31.7 Å². The first-order valence-electron chi connectivity index (χ1n) is 8.55. The second-order valence-corrected chi connectivity index (χ2v) is 7.35. The zero-order chi connectivity index (χ0) is 16.4. The van der Waals surface area contributed by atoms with Crippen LogP contribution in [0.4, 0.5) is 0 Å². The van der Waals surface area contributed by atoms with Crippen molar-refractivity contribution in [3.63, 3.8) is 0 Å². The Kier molecular flexibility index (Phi) is 4.43. The first kappa shape index (κ1) is 15.5. The molecule has 0 spiro atoms. The molecule has 1 fully saturated rings. The largest absolute Gasteiger partial charge is 0.486 e. The van der Waals surface area contributed by atoms with Gasteiger partial charge in [0.15, 0.2) is 11.5 Å². The quantitative estimate of drug-likeness (QED) is 0.906. The van der Waals surface area contributed by atoms with Gasteiger partial charge in [-0.3, -0.25) is 4.79 Å². The van der Waals surface area contributed by atoms with Gasteiger partial charge in [0.25, 0.3) is 5.91 Å². The van der Waals surface area contributed by atoms with E-state index in [1.165, 1.54) is 30.6 Å². The predicted octanol–water partition coefficient (Wildman–Crippen LogP) is 4.18. The van der Waals surface area contributed by atoms with Crippen molar-refractivity contribution in [2.75, 3.05) is 13.2 Å². The maximum absolute atomic E-state index is 12.8. The molecule has 1 N–H and O–H groups in total. The van der Waals surface area contributed by atoms with Crippen molar-refractivity contribution in [3.8, 4) is 11.5 Å². The van der Waals surface area contributed by atoms with Gasteiger partial charge in [-0.05, 0) is 48.4 Å². The van der Waals surface area contributed by atoms with Crippen molar-refractivity contribution >= 4 is 17.2 Å². The predicted molar refractivity (Wildman–Crippen MR) is 93.9 cm³/mol. The number of fused-ring (bicyclic) bond motifs is 1. The average Bonchev–Trinajstić information content (AvgIpc) is 3.33. The smallest absolute Gasteiger partial charge is 0.251 e. The summed E-state index contributed by atoms with van der Waals surface area (Å²) in [6.07, 6.45) is 4.88. The fraction of sp³-hybridized carbons (Fsp3) is 0.421. The Labute approximate surface area is 145 Å². The topological polar surface area (TPSA) is 47.6 Å². The molecule has 0 radical (unpaired) electrons. The third kappa shape index (κ3) is 3.13. The molecule has 2 heterocycles. The van der Waals surface area contributed by atoms with E-state index in [0.717, 1.165) is 0 Å². The number of carbonyl (C=O) groups excluding carboxylic acids is 1. The summed E-state index contributed by atoms with van der Waals surface area (Å²) in [6.45, 7) is 1.08. The fourth-order valence-electron chi connectivity index (χ4n) is 3.59. The first-order chi connectivity index (χ1) is 11.8. The Morgan fingerprint density at radius 1 is 1.12 bits per heavy atom. The van der Waals surface area contributed by atoms with Crippen molar-refractivity contribution < 1.29 is 14.3 Å². The van der Waals surface area contributed by atoms with E-state index in [9.17, 15) is 4.79 Å². The normalized spacial score (nSPS) is 18.3. The highest BCUT2D eigenvalue weighted by Gasteiger charge is 2.29. The van der Waals surface area contributed by atoms with Crippen LogP contribution in [0.3, 0.4) is 0 Å². The zero-order valence-corrected chi connectivity index (χ0v) is 14.3. The van der Waals surface area contributed by atoms with Gasteiger partial charge in [0.1, 0.15) is 13.2 Å². The molecular weight excluding hydrogens is 322 g/mol. The minimum atomic E-state index is -0.0442. The SMILES string of the molecule is O=C(NC(c1cccs1)C1CCCC1)c1ccc2c(c1)OCCO2. The van der Waals surface area contributed by atoms with Crippen LogP contribution in [0.25, 0.3) is 0 Å². The molecule has 0 saturated heterocycles. The minimum Gasteiger partial charge on any atom is -0.486 e. The van der Waals surface area contributed by atoms with Gasteiger partial charge in [-0.1, -0.05) is 18.9 Å². The van der Waals surface area contributed by atoms with Crippen molar-refractivity contribution in [2.24, 2.45) is 5.92 Å². The lowest BCUT2D eigenvalue weighted by atomic mass is 9.96.